The monoisotopic (exact) mass is 540 g/mol. The molecule has 1 atom stereocenters. The number of nitrogens with two attached hydrogens (primary N) is 1. The summed E-state index contributed by atoms with van der Waals surface area (Å²) in [5.74, 6) is 1.25. The molecule has 198 valence electrons. The van der Waals surface area contributed by atoms with Crippen molar-refractivity contribution in [2.24, 2.45) is 5.73 Å². The number of hydrogen-bond donors (Lipinski definition) is 1. The van der Waals surface area contributed by atoms with E-state index in [0.29, 0.717) is 41.2 Å². The van der Waals surface area contributed by atoms with Gasteiger partial charge >= 0.3 is 0 Å². The van der Waals surface area contributed by atoms with Crippen molar-refractivity contribution in [2.75, 3.05) is 6.61 Å². The average molecular weight is 541 g/mol. The van der Waals surface area contributed by atoms with E-state index in [2.05, 4.69) is 13.0 Å². The van der Waals surface area contributed by atoms with E-state index in [1.54, 1.807) is 4.68 Å². The zero-order valence-electron chi connectivity index (χ0n) is 21.9. The molecule has 0 bridgehead atoms. The molecule has 0 fully saturated rings. The van der Waals surface area contributed by atoms with Crippen LogP contribution in [0.25, 0.3) is 5.69 Å². The molecule has 0 saturated heterocycles. The summed E-state index contributed by atoms with van der Waals surface area (Å²) in [7, 11) is 0. The third kappa shape index (κ3) is 5.16. The van der Waals surface area contributed by atoms with E-state index in [9.17, 15) is 5.26 Å². The Bertz CT molecular complexity index is 1560. The van der Waals surface area contributed by atoms with Crippen molar-refractivity contribution < 1.29 is 14.2 Å². The summed E-state index contributed by atoms with van der Waals surface area (Å²) in [6.45, 7) is 4.75. The average Bonchev–Trinajstić information content (AvgIpc) is 3.30. The van der Waals surface area contributed by atoms with E-state index in [4.69, 9.17) is 36.6 Å². The molecule has 1 aromatic heterocycles. The summed E-state index contributed by atoms with van der Waals surface area (Å²) >= 11 is 6.32. The predicted octanol–water partition coefficient (Wildman–Crippen LogP) is 6.67. The van der Waals surface area contributed by atoms with Gasteiger partial charge in [0.25, 0.3) is 0 Å². The lowest BCUT2D eigenvalue weighted by atomic mass is 9.83. The van der Waals surface area contributed by atoms with Gasteiger partial charge in [-0.15, -0.1) is 0 Å². The highest BCUT2D eigenvalue weighted by molar-refractivity contribution is 6.31. The van der Waals surface area contributed by atoms with Crippen molar-refractivity contribution in [3.63, 3.8) is 0 Å². The quantitative estimate of drug-likeness (QED) is 0.254. The molecule has 8 heteroatoms. The SMILES string of the molecule is CCCc1nn(-c2ccccc2)c2c1[C@@H](c1ccc(OCc3ccccc3Cl)c(OCC)c1)C(C#N)=C(N)O2. The van der Waals surface area contributed by atoms with Crippen LogP contribution < -0.4 is 19.9 Å². The van der Waals surface area contributed by atoms with Crippen molar-refractivity contribution in [3.05, 3.63) is 112 Å². The fraction of sp³-hybridized carbons (Fsp3) is 0.226. The van der Waals surface area contributed by atoms with Crippen molar-refractivity contribution >= 4 is 11.6 Å². The van der Waals surface area contributed by atoms with E-state index < -0.39 is 5.92 Å². The van der Waals surface area contributed by atoms with Gasteiger partial charge in [-0.25, -0.2) is 4.68 Å². The fourth-order valence-electron chi connectivity index (χ4n) is 4.77. The molecule has 2 heterocycles. The predicted molar refractivity (Wildman–Crippen MR) is 150 cm³/mol. The van der Waals surface area contributed by atoms with Gasteiger partial charge in [-0.3, -0.25) is 0 Å². The third-order valence-electron chi connectivity index (χ3n) is 6.55. The minimum Gasteiger partial charge on any atom is -0.490 e. The zero-order chi connectivity index (χ0) is 27.4. The number of benzene rings is 3. The first-order valence-electron chi connectivity index (χ1n) is 12.9. The first-order valence-corrected chi connectivity index (χ1v) is 13.3. The number of halogens is 1. The molecule has 0 radical (unpaired) electrons. The molecule has 39 heavy (non-hydrogen) atoms. The maximum atomic E-state index is 10.2. The summed E-state index contributed by atoms with van der Waals surface area (Å²) in [6.07, 6.45) is 1.60. The maximum absolute atomic E-state index is 10.2. The molecular weight excluding hydrogens is 512 g/mol. The highest BCUT2D eigenvalue weighted by Gasteiger charge is 2.37. The number of aromatic nitrogens is 2. The Labute approximate surface area is 233 Å². The highest BCUT2D eigenvalue weighted by Crippen LogP contribution is 2.46. The van der Waals surface area contributed by atoms with Gasteiger partial charge in [-0.05, 0) is 49.2 Å². The Balaban J connectivity index is 1.60. The Morgan fingerprint density at radius 3 is 2.51 bits per heavy atom. The van der Waals surface area contributed by atoms with Gasteiger partial charge in [0.15, 0.2) is 11.5 Å². The number of nitrogens with zero attached hydrogens (tertiary/aromatic N) is 3. The van der Waals surface area contributed by atoms with Crippen molar-refractivity contribution in [1.29, 1.82) is 5.26 Å². The third-order valence-corrected chi connectivity index (χ3v) is 6.92. The minimum absolute atomic E-state index is 0.0622. The van der Waals surface area contributed by atoms with Gasteiger partial charge < -0.3 is 19.9 Å². The number of para-hydroxylation sites is 1. The first-order chi connectivity index (χ1) is 19.0. The van der Waals surface area contributed by atoms with Crippen LogP contribution in [0.3, 0.4) is 0 Å². The number of nitriles is 1. The van der Waals surface area contributed by atoms with E-state index in [1.807, 2.05) is 79.7 Å². The molecule has 4 aromatic rings. The standard InChI is InChI=1S/C31H29ClN4O3/c1-3-10-25-29-28(23(18-33)30(34)39-31(29)36(35-25)22-12-6-5-7-13-22)20-15-16-26(27(17-20)37-4-2)38-19-21-11-8-9-14-24(21)32/h5-9,11-17,28H,3-4,10,19,34H2,1-2H3/t28-/m0/s1. The van der Waals surface area contributed by atoms with Crippen LogP contribution in [0.1, 0.15) is 48.6 Å². The summed E-state index contributed by atoms with van der Waals surface area (Å²) in [5, 5.41) is 15.7. The van der Waals surface area contributed by atoms with Crippen molar-refractivity contribution in [1.82, 2.24) is 9.78 Å². The number of allylic oxidation sites excluding steroid dienone is 1. The van der Waals surface area contributed by atoms with Gasteiger partial charge in [-0.2, -0.15) is 10.4 Å². The lowest BCUT2D eigenvalue weighted by molar-refractivity contribution is 0.269. The number of fused-ring (bicyclic) bond motifs is 1. The molecule has 1 aliphatic heterocycles. The lowest BCUT2D eigenvalue weighted by Crippen LogP contribution is -2.22. The Morgan fingerprint density at radius 1 is 1.03 bits per heavy atom. The molecular formula is C31H29ClN4O3. The molecule has 0 amide bonds. The summed E-state index contributed by atoms with van der Waals surface area (Å²) in [4.78, 5) is 0. The molecule has 0 spiro atoms. The van der Waals surface area contributed by atoms with Crippen LogP contribution in [0.4, 0.5) is 0 Å². The maximum Gasteiger partial charge on any atom is 0.229 e. The Morgan fingerprint density at radius 2 is 1.79 bits per heavy atom. The molecule has 0 unspecified atom stereocenters. The zero-order valence-corrected chi connectivity index (χ0v) is 22.6. The number of aryl methyl sites for hydroxylation is 1. The lowest BCUT2D eigenvalue weighted by Gasteiger charge is -2.26. The largest absolute Gasteiger partial charge is 0.490 e. The summed E-state index contributed by atoms with van der Waals surface area (Å²) in [6, 6.07) is 25.3. The number of rotatable bonds is 9. The Kier molecular flexibility index (Phi) is 7.76. The van der Waals surface area contributed by atoms with Crippen molar-refractivity contribution in [2.45, 2.75) is 39.2 Å². The van der Waals surface area contributed by atoms with Gasteiger partial charge in [-0.1, -0.05) is 67.4 Å². The normalized spacial score (nSPS) is 14.4. The van der Waals surface area contributed by atoms with E-state index in [1.165, 1.54) is 0 Å². The molecule has 1 aliphatic rings. The number of hydrogen-bond acceptors (Lipinski definition) is 6. The van der Waals surface area contributed by atoms with Crippen LogP contribution in [0, 0.1) is 11.3 Å². The Hall–Kier alpha value is -4.41. The van der Waals surface area contributed by atoms with Crippen molar-refractivity contribution in [3.8, 4) is 29.1 Å². The summed E-state index contributed by atoms with van der Waals surface area (Å²) < 4.78 is 19.9. The van der Waals surface area contributed by atoms with E-state index in [0.717, 1.165) is 40.9 Å². The van der Waals surface area contributed by atoms with Crippen LogP contribution in [0.2, 0.25) is 5.02 Å². The highest BCUT2D eigenvalue weighted by atomic mass is 35.5. The van der Waals surface area contributed by atoms with Gasteiger partial charge in [0.2, 0.25) is 11.8 Å². The minimum atomic E-state index is -0.477. The van der Waals surface area contributed by atoms with Gasteiger partial charge in [0, 0.05) is 10.6 Å². The molecule has 0 saturated carbocycles. The van der Waals surface area contributed by atoms with Gasteiger partial charge in [0.1, 0.15) is 18.2 Å². The molecule has 5 rings (SSSR count). The molecule has 0 aliphatic carbocycles. The molecule has 2 N–H and O–H groups in total. The molecule has 7 nitrogen and oxygen atoms in total. The smallest absolute Gasteiger partial charge is 0.229 e. The summed E-state index contributed by atoms with van der Waals surface area (Å²) in [5.41, 5.74) is 10.9. The van der Waals surface area contributed by atoms with Gasteiger partial charge in [0.05, 0.1) is 29.5 Å². The van der Waals surface area contributed by atoms with Crippen LogP contribution in [0.5, 0.6) is 17.4 Å². The van der Waals surface area contributed by atoms with E-state index >= 15 is 0 Å². The fourth-order valence-corrected chi connectivity index (χ4v) is 4.96. The second kappa shape index (κ2) is 11.5. The molecule has 3 aromatic carbocycles. The first kappa shape index (κ1) is 26.2. The van der Waals surface area contributed by atoms with Crippen LogP contribution in [-0.4, -0.2) is 16.4 Å². The second-order valence-corrected chi connectivity index (χ2v) is 9.51. The number of ether oxygens (including phenoxy) is 3. The second-order valence-electron chi connectivity index (χ2n) is 9.11. The van der Waals surface area contributed by atoms with E-state index in [-0.39, 0.29) is 5.88 Å². The van der Waals surface area contributed by atoms with Crippen LogP contribution in [-0.2, 0) is 13.0 Å². The topological polar surface area (TPSA) is 95.3 Å². The van der Waals surface area contributed by atoms with Crippen LogP contribution in [0.15, 0.2) is 84.3 Å². The van der Waals surface area contributed by atoms with Crippen LogP contribution >= 0.6 is 11.6 Å².